The largest absolute Gasteiger partial charge is 0.375 e. The minimum atomic E-state index is -0.256. The lowest BCUT2D eigenvalue weighted by Crippen LogP contribution is -2.44. The third-order valence-corrected chi connectivity index (χ3v) is 7.14. The smallest absolute Gasteiger partial charge is 0.315 e. The van der Waals surface area contributed by atoms with Gasteiger partial charge in [0.05, 0.1) is 17.7 Å². The van der Waals surface area contributed by atoms with Crippen LogP contribution in [-0.4, -0.2) is 52.8 Å². The van der Waals surface area contributed by atoms with Gasteiger partial charge in [0.25, 0.3) is 0 Å². The second-order valence-corrected chi connectivity index (χ2v) is 10.7. The Bertz CT molecular complexity index is 539. The number of ether oxygens (including phenoxy) is 1. The standard InChI is InChI=1S/C21H39N3O3S/c1-6-11-21(4,5)27-13-12-20(2,3)24-17(25)10-8-7-9-16-18-15(14-28-16)22-19(26)23-18/h15-16,18H,6-14H2,1-5H3,(H,24,25)(H2,22,23,26). The van der Waals surface area contributed by atoms with Crippen molar-refractivity contribution in [3.05, 3.63) is 0 Å². The maximum atomic E-state index is 12.3. The molecule has 3 N–H and O–H groups in total. The van der Waals surface area contributed by atoms with E-state index in [0.29, 0.717) is 18.3 Å². The number of amides is 3. The van der Waals surface area contributed by atoms with E-state index in [0.717, 1.165) is 44.3 Å². The van der Waals surface area contributed by atoms with E-state index in [9.17, 15) is 9.59 Å². The first-order valence-electron chi connectivity index (χ1n) is 10.8. The molecule has 0 aliphatic carbocycles. The molecule has 2 rings (SSSR count). The van der Waals surface area contributed by atoms with Gasteiger partial charge in [-0.05, 0) is 53.4 Å². The van der Waals surface area contributed by atoms with Crippen LogP contribution in [-0.2, 0) is 9.53 Å². The van der Waals surface area contributed by atoms with Crippen LogP contribution >= 0.6 is 11.8 Å². The third-order valence-electron chi connectivity index (χ3n) is 5.63. The van der Waals surface area contributed by atoms with Crippen LogP contribution in [0.4, 0.5) is 4.79 Å². The van der Waals surface area contributed by atoms with Crippen LogP contribution in [0.2, 0.25) is 0 Å². The average molecular weight is 414 g/mol. The number of hydrogen-bond acceptors (Lipinski definition) is 4. The lowest BCUT2D eigenvalue weighted by Gasteiger charge is -2.30. The lowest BCUT2D eigenvalue weighted by atomic mass is 9.99. The molecular weight excluding hydrogens is 374 g/mol. The van der Waals surface area contributed by atoms with Gasteiger partial charge in [0, 0.05) is 29.6 Å². The quantitative estimate of drug-likeness (QED) is 0.337. The van der Waals surface area contributed by atoms with Crippen molar-refractivity contribution in [3.8, 4) is 0 Å². The summed E-state index contributed by atoms with van der Waals surface area (Å²) in [5, 5.41) is 9.61. The second kappa shape index (κ2) is 10.2. The maximum absolute atomic E-state index is 12.3. The van der Waals surface area contributed by atoms with Gasteiger partial charge in [-0.3, -0.25) is 4.79 Å². The average Bonchev–Trinajstić information content (AvgIpc) is 3.10. The van der Waals surface area contributed by atoms with Gasteiger partial charge < -0.3 is 20.7 Å². The van der Waals surface area contributed by atoms with Gasteiger partial charge in [-0.2, -0.15) is 11.8 Å². The number of fused-ring (bicyclic) bond motifs is 1. The summed E-state index contributed by atoms with van der Waals surface area (Å²) in [5.74, 6) is 1.10. The predicted molar refractivity (Wildman–Crippen MR) is 116 cm³/mol. The van der Waals surface area contributed by atoms with Crippen molar-refractivity contribution in [2.45, 2.75) is 108 Å². The van der Waals surface area contributed by atoms with Gasteiger partial charge in [0.1, 0.15) is 0 Å². The highest BCUT2D eigenvalue weighted by Gasteiger charge is 2.42. The molecule has 0 bridgehead atoms. The Labute approximate surface area is 174 Å². The Balaban J connectivity index is 1.59. The van der Waals surface area contributed by atoms with E-state index >= 15 is 0 Å². The third kappa shape index (κ3) is 7.47. The van der Waals surface area contributed by atoms with Crippen LogP contribution in [0, 0.1) is 0 Å². The summed E-state index contributed by atoms with van der Waals surface area (Å²) >= 11 is 1.93. The first-order chi connectivity index (χ1) is 13.1. The zero-order valence-electron chi connectivity index (χ0n) is 18.2. The number of thioether (sulfide) groups is 1. The summed E-state index contributed by atoms with van der Waals surface area (Å²) in [6.45, 7) is 11.2. The minimum absolute atomic E-state index is 0.0380. The minimum Gasteiger partial charge on any atom is -0.375 e. The van der Waals surface area contributed by atoms with E-state index in [4.69, 9.17) is 4.74 Å². The molecule has 0 spiro atoms. The van der Waals surface area contributed by atoms with E-state index in [1.807, 2.05) is 11.8 Å². The van der Waals surface area contributed by atoms with Crippen LogP contribution in [0.5, 0.6) is 0 Å². The predicted octanol–water partition coefficient (Wildman–Crippen LogP) is 3.59. The normalized spacial score (nSPS) is 24.6. The molecule has 2 saturated heterocycles. The highest BCUT2D eigenvalue weighted by molar-refractivity contribution is 8.00. The van der Waals surface area contributed by atoms with E-state index < -0.39 is 0 Å². The molecule has 0 radical (unpaired) electrons. The van der Waals surface area contributed by atoms with E-state index in [2.05, 4.69) is 50.6 Å². The fraction of sp³-hybridized carbons (Fsp3) is 0.905. The Morgan fingerprint density at radius 3 is 2.68 bits per heavy atom. The van der Waals surface area contributed by atoms with Gasteiger partial charge >= 0.3 is 6.03 Å². The van der Waals surface area contributed by atoms with Gasteiger partial charge in [-0.1, -0.05) is 19.8 Å². The van der Waals surface area contributed by atoms with Crippen molar-refractivity contribution >= 4 is 23.7 Å². The first kappa shape index (κ1) is 23.3. The summed E-state index contributed by atoms with van der Waals surface area (Å²) in [6.07, 6.45) is 6.46. The Kier molecular flexibility index (Phi) is 8.49. The molecule has 3 amide bonds. The van der Waals surface area contributed by atoms with Crippen LogP contribution < -0.4 is 16.0 Å². The molecule has 0 aromatic rings. The van der Waals surface area contributed by atoms with Crippen molar-refractivity contribution in [2.24, 2.45) is 0 Å². The molecule has 2 aliphatic rings. The fourth-order valence-corrected chi connectivity index (χ4v) is 5.58. The zero-order valence-corrected chi connectivity index (χ0v) is 19.0. The Morgan fingerprint density at radius 2 is 1.96 bits per heavy atom. The van der Waals surface area contributed by atoms with E-state index in [1.54, 1.807) is 0 Å². The summed E-state index contributed by atoms with van der Waals surface area (Å²) in [6, 6.07) is 0.488. The second-order valence-electron chi connectivity index (χ2n) is 9.41. The Morgan fingerprint density at radius 1 is 1.21 bits per heavy atom. The molecule has 7 heteroatoms. The highest BCUT2D eigenvalue weighted by Crippen LogP contribution is 2.33. The summed E-state index contributed by atoms with van der Waals surface area (Å²) in [7, 11) is 0. The summed E-state index contributed by atoms with van der Waals surface area (Å²) in [4.78, 5) is 23.7. The van der Waals surface area contributed by atoms with Crippen molar-refractivity contribution in [1.29, 1.82) is 0 Å². The van der Waals surface area contributed by atoms with Crippen LogP contribution in [0.15, 0.2) is 0 Å². The number of nitrogens with one attached hydrogen (secondary N) is 3. The fourth-order valence-electron chi connectivity index (χ4n) is 4.03. The number of urea groups is 1. The van der Waals surface area contributed by atoms with Gasteiger partial charge in [0.15, 0.2) is 0 Å². The molecule has 162 valence electrons. The molecule has 28 heavy (non-hydrogen) atoms. The molecule has 0 saturated carbocycles. The Hall–Kier alpha value is -0.950. The van der Waals surface area contributed by atoms with Crippen LogP contribution in [0.1, 0.15) is 79.6 Å². The highest BCUT2D eigenvalue weighted by atomic mass is 32.2. The molecular formula is C21H39N3O3S. The van der Waals surface area contributed by atoms with Gasteiger partial charge in [-0.25, -0.2) is 4.79 Å². The monoisotopic (exact) mass is 413 g/mol. The molecule has 6 nitrogen and oxygen atoms in total. The number of carbonyl (C=O) groups excluding carboxylic acids is 2. The molecule has 3 atom stereocenters. The molecule has 3 unspecified atom stereocenters. The zero-order chi connectivity index (χ0) is 20.8. The molecule has 2 aliphatic heterocycles. The molecule has 0 aromatic carbocycles. The van der Waals surface area contributed by atoms with Crippen LogP contribution in [0.25, 0.3) is 0 Å². The van der Waals surface area contributed by atoms with E-state index in [1.165, 1.54) is 0 Å². The summed E-state index contributed by atoms with van der Waals surface area (Å²) in [5.41, 5.74) is -0.353. The van der Waals surface area contributed by atoms with Crippen molar-refractivity contribution in [3.63, 3.8) is 0 Å². The number of unbranched alkanes of at least 4 members (excludes halogenated alkanes) is 1. The van der Waals surface area contributed by atoms with Crippen molar-refractivity contribution in [2.75, 3.05) is 12.4 Å². The van der Waals surface area contributed by atoms with Gasteiger partial charge in [0.2, 0.25) is 5.91 Å². The number of carbonyl (C=O) groups is 2. The number of rotatable bonds is 12. The topological polar surface area (TPSA) is 79.5 Å². The number of hydrogen-bond donors (Lipinski definition) is 3. The SMILES string of the molecule is CCCC(C)(C)OCCC(C)(C)NC(=O)CCCCC1SCC2NC(=O)NC21. The van der Waals surface area contributed by atoms with Crippen molar-refractivity contribution < 1.29 is 14.3 Å². The first-order valence-corrected chi connectivity index (χ1v) is 11.8. The molecule has 0 aromatic heterocycles. The molecule has 2 fully saturated rings. The van der Waals surface area contributed by atoms with Crippen LogP contribution in [0.3, 0.4) is 0 Å². The molecule has 2 heterocycles. The lowest BCUT2D eigenvalue weighted by molar-refractivity contribution is -0.123. The van der Waals surface area contributed by atoms with E-state index in [-0.39, 0.29) is 35.2 Å². The maximum Gasteiger partial charge on any atom is 0.315 e. The summed E-state index contributed by atoms with van der Waals surface area (Å²) < 4.78 is 6.00. The van der Waals surface area contributed by atoms with Gasteiger partial charge in [-0.15, -0.1) is 0 Å². The van der Waals surface area contributed by atoms with Crippen molar-refractivity contribution in [1.82, 2.24) is 16.0 Å².